The second-order valence-corrected chi connectivity index (χ2v) is 6.96. The zero-order valence-electron chi connectivity index (χ0n) is 16.8. The molecule has 0 bridgehead atoms. The van der Waals surface area contributed by atoms with Gasteiger partial charge in [0.1, 0.15) is 5.69 Å². The van der Waals surface area contributed by atoms with E-state index in [4.69, 9.17) is 0 Å². The van der Waals surface area contributed by atoms with Crippen molar-refractivity contribution in [3.8, 4) is 0 Å². The van der Waals surface area contributed by atoms with E-state index >= 15 is 0 Å². The van der Waals surface area contributed by atoms with Gasteiger partial charge in [0.05, 0.1) is 0 Å². The van der Waals surface area contributed by atoms with Crippen LogP contribution in [0.15, 0.2) is 61.1 Å². The summed E-state index contributed by atoms with van der Waals surface area (Å²) in [5.41, 5.74) is 4.62. The fourth-order valence-electron chi connectivity index (χ4n) is 2.91. The van der Waals surface area contributed by atoms with Crippen LogP contribution in [-0.2, 0) is 6.42 Å². The maximum atomic E-state index is 12.7. The third kappa shape index (κ3) is 5.04. The Labute approximate surface area is 170 Å². The molecule has 0 saturated heterocycles. The summed E-state index contributed by atoms with van der Waals surface area (Å²) in [6.07, 6.45) is 5.67. The third-order valence-electron chi connectivity index (χ3n) is 4.93. The highest BCUT2D eigenvalue weighted by molar-refractivity contribution is 6.06. The van der Waals surface area contributed by atoms with Gasteiger partial charge in [-0.15, -0.1) is 0 Å². The molecule has 2 aromatic heterocycles. The molecule has 0 unspecified atom stereocenters. The summed E-state index contributed by atoms with van der Waals surface area (Å²) in [7, 11) is 1.73. The van der Waals surface area contributed by atoms with E-state index in [9.17, 15) is 9.59 Å². The molecule has 1 N–H and O–H groups in total. The number of carbonyl (C=O) groups is 2. The molecule has 2 heterocycles. The minimum Gasteiger partial charge on any atom is -0.340 e. The zero-order chi connectivity index (χ0) is 20.8. The number of rotatable bonds is 6. The van der Waals surface area contributed by atoms with Gasteiger partial charge in [0, 0.05) is 43.4 Å². The average molecular weight is 388 g/mol. The molecule has 0 fully saturated rings. The van der Waals surface area contributed by atoms with Crippen LogP contribution in [0, 0.1) is 13.8 Å². The van der Waals surface area contributed by atoms with Gasteiger partial charge in [-0.25, -0.2) is 0 Å². The summed E-state index contributed by atoms with van der Waals surface area (Å²) >= 11 is 0. The van der Waals surface area contributed by atoms with E-state index in [-0.39, 0.29) is 17.5 Å². The lowest BCUT2D eigenvalue weighted by Gasteiger charge is -2.17. The van der Waals surface area contributed by atoms with Crippen LogP contribution in [0.3, 0.4) is 0 Å². The first-order valence-corrected chi connectivity index (χ1v) is 9.43. The first-order valence-electron chi connectivity index (χ1n) is 9.43. The Hall–Kier alpha value is -3.54. The van der Waals surface area contributed by atoms with Crippen molar-refractivity contribution < 1.29 is 9.59 Å². The predicted octanol–water partition coefficient (Wildman–Crippen LogP) is 3.66. The molecular formula is C23H24N4O2. The molecule has 0 spiro atoms. The van der Waals surface area contributed by atoms with Gasteiger partial charge in [-0.05, 0) is 67.3 Å². The Bertz CT molecular complexity index is 1020. The molecule has 6 heteroatoms. The Balaban J connectivity index is 1.68. The molecule has 29 heavy (non-hydrogen) atoms. The largest absolute Gasteiger partial charge is 0.340 e. The number of carbonyl (C=O) groups excluding carboxylic acids is 2. The van der Waals surface area contributed by atoms with Crippen LogP contribution < -0.4 is 5.32 Å². The van der Waals surface area contributed by atoms with Gasteiger partial charge in [0.15, 0.2) is 0 Å². The number of hydrogen-bond donors (Lipinski definition) is 1. The molecule has 3 aromatic rings. The minimum atomic E-state index is -0.269. The number of likely N-dealkylation sites (N-methyl/N-ethyl adjacent to an activating group) is 1. The molecule has 0 radical (unpaired) electrons. The summed E-state index contributed by atoms with van der Waals surface area (Å²) in [6.45, 7) is 4.50. The van der Waals surface area contributed by atoms with Gasteiger partial charge in [0.25, 0.3) is 11.8 Å². The number of benzene rings is 1. The van der Waals surface area contributed by atoms with Gasteiger partial charge < -0.3 is 10.2 Å². The molecular weight excluding hydrogens is 364 g/mol. The van der Waals surface area contributed by atoms with Crippen molar-refractivity contribution in [2.24, 2.45) is 0 Å². The summed E-state index contributed by atoms with van der Waals surface area (Å²) in [5, 5.41) is 2.91. The summed E-state index contributed by atoms with van der Waals surface area (Å²) in [6, 6.07) is 12.7. The van der Waals surface area contributed by atoms with E-state index in [0.717, 1.165) is 28.8 Å². The smallest absolute Gasteiger partial charge is 0.272 e. The van der Waals surface area contributed by atoms with Crippen molar-refractivity contribution in [1.82, 2.24) is 14.9 Å². The molecule has 6 nitrogen and oxygen atoms in total. The van der Waals surface area contributed by atoms with Crippen LogP contribution in [-0.4, -0.2) is 40.3 Å². The second kappa shape index (κ2) is 9.10. The maximum absolute atomic E-state index is 12.7. The van der Waals surface area contributed by atoms with Gasteiger partial charge in [0.2, 0.25) is 0 Å². The number of nitrogens with zero attached hydrogens (tertiary/aromatic N) is 3. The van der Waals surface area contributed by atoms with Gasteiger partial charge in [-0.1, -0.05) is 12.1 Å². The molecule has 2 amide bonds. The highest BCUT2D eigenvalue weighted by Gasteiger charge is 2.16. The molecule has 0 aliphatic carbocycles. The number of amides is 2. The van der Waals surface area contributed by atoms with Crippen LogP contribution in [0.4, 0.5) is 5.69 Å². The zero-order valence-corrected chi connectivity index (χ0v) is 16.8. The molecule has 0 aliphatic rings. The molecule has 1 aromatic carbocycles. The van der Waals surface area contributed by atoms with E-state index in [2.05, 4.69) is 15.3 Å². The number of hydrogen-bond acceptors (Lipinski definition) is 4. The lowest BCUT2D eigenvalue weighted by atomic mass is 10.1. The van der Waals surface area contributed by atoms with E-state index < -0.39 is 0 Å². The van der Waals surface area contributed by atoms with Gasteiger partial charge >= 0.3 is 0 Å². The van der Waals surface area contributed by atoms with Gasteiger partial charge in [-0.3, -0.25) is 19.6 Å². The van der Waals surface area contributed by atoms with E-state index in [0.29, 0.717) is 12.1 Å². The first-order chi connectivity index (χ1) is 14.0. The molecule has 0 aliphatic heterocycles. The van der Waals surface area contributed by atoms with Crippen molar-refractivity contribution in [2.45, 2.75) is 20.3 Å². The molecule has 0 atom stereocenters. The first kappa shape index (κ1) is 20.2. The SMILES string of the molecule is Cc1cccc(NC(=O)c2ccnc(C(=O)N(C)CCc3ccncc3)c2)c1C. The fraction of sp³-hybridized carbons (Fsp3) is 0.217. The maximum Gasteiger partial charge on any atom is 0.272 e. The van der Waals surface area contributed by atoms with E-state index in [1.165, 1.54) is 12.3 Å². The average Bonchev–Trinajstić information content (AvgIpc) is 2.75. The fourth-order valence-corrected chi connectivity index (χ4v) is 2.91. The van der Waals surface area contributed by atoms with Crippen LogP contribution in [0.25, 0.3) is 0 Å². The number of aryl methyl sites for hydroxylation is 1. The standard InChI is InChI=1S/C23H24N4O2/c1-16-5-4-6-20(17(16)2)26-22(28)19-9-13-25-21(15-19)23(29)27(3)14-10-18-7-11-24-12-8-18/h4-9,11-13,15H,10,14H2,1-3H3,(H,26,28). The molecule has 3 rings (SSSR count). The number of pyridine rings is 2. The Morgan fingerprint density at radius 1 is 1.03 bits per heavy atom. The van der Waals surface area contributed by atoms with Crippen molar-refractivity contribution >= 4 is 17.5 Å². The van der Waals surface area contributed by atoms with Crippen molar-refractivity contribution in [2.75, 3.05) is 18.9 Å². The van der Waals surface area contributed by atoms with E-state index in [1.54, 1.807) is 30.4 Å². The highest BCUT2D eigenvalue weighted by Crippen LogP contribution is 2.19. The van der Waals surface area contributed by atoms with Crippen LogP contribution in [0.5, 0.6) is 0 Å². The number of nitrogens with one attached hydrogen (secondary N) is 1. The summed E-state index contributed by atoms with van der Waals surface area (Å²) in [5.74, 6) is -0.491. The molecule has 0 saturated carbocycles. The second-order valence-electron chi connectivity index (χ2n) is 6.96. The predicted molar refractivity (Wildman–Crippen MR) is 113 cm³/mol. The monoisotopic (exact) mass is 388 g/mol. The summed E-state index contributed by atoms with van der Waals surface area (Å²) < 4.78 is 0. The van der Waals surface area contributed by atoms with Crippen molar-refractivity contribution in [3.05, 3.63) is 89.0 Å². The van der Waals surface area contributed by atoms with Gasteiger partial charge in [-0.2, -0.15) is 0 Å². The van der Waals surface area contributed by atoms with Crippen molar-refractivity contribution in [1.29, 1.82) is 0 Å². The number of aromatic nitrogens is 2. The van der Waals surface area contributed by atoms with Crippen LogP contribution in [0.1, 0.15) is 37.5 Å². The summed E-state index contributed by atoms with van der Waals surface area (Å²) in [4.78, 5) is 35.1. The minimum absolute atomic E-state index is 0.222. The lowest BCUT2D eigenvalue weighted by Crippen LogP contribution is -2.29. The number of anilines is 1. The van der Waals surface area contributed by atoms with Crippen LogP contribution in [0.2, 0.25) is 0 Å². The Kier molecular flexibility index (Phi) is 6.34. The Morgan fingerprint density at radius 3 is 2.55 bits per heavy atom. The lowest BCUT2D eigenvalue weighted by molar-refractivity contribution is 0.0791. The topological polar surface area (TPSA) is 75.2 Å². The normalized spacial score (nSPS) is 10.4. The van der Waals surface area contributed by atoms with Crippen molar-refractivity contribution in [3.63, 3.8) is 0 Å². The Morgan fingerprint density at radius 2 is 1.79 bits per heavy atom. The highest BCUT2D eigenvalue weighted by atomic mass is 16.2. The molecule has 148 valence electrons. The van der Waals surface area contributed by atoms with Crippen LogP contribution >= 0.6 is 0 Å². The quantitative estimate of drug-likeness (QED) is 0.699. The third-order valence-corrected chi connectivity index (χ3v) is 4.93. The van der Waals surface area contributed by atoms with E-state index in [1.807, 2.05) is 44.2 Å².